The first-order chi connectivity index (χ1) is 13.5. The summed E-state index contributed by atoms with van der Waals surface area (Å²) in [7, 11) is 1.85. The molecule has 1 aromatic carbocycles. The van der Waals surface area contributed by atoms with E-state index in [1.165, 1.54) is 11.3 Å². The van der Waals surface area contributed by atoms with E-state index in [4.69, 9.17) is 4.74 Å². The van der Waals surface area contributed by atoms with Crippen molar-refractivity contribution in [1.29, 1.82) is 0 Å². The molecule has 150 valence electrons. The van der Waals surface area contributed by atoms with E-state index >= 15 is 0 Å². The summed E-state index contributed by atoms with van der Waals surface area (Å²) in [5.41, 5.74) is 1.19. The molecule has 6 nitrogen and oxygen atoms in total. The number of ether oxygens (including phenoxy) is 1. The van der Waals surface area contributed by atoms with Gasteiger partial charge in [0.2, 0.25) is 0 Å². The highest BCUT2D eigenvalue weighted by molar-refractivity contribution is 6.22. The second-order valence-electron chi connectivity index (χ2n) is 8.36. The number of hydrogen-bond acceptors (Lipinski definition) is 4. The molecule has 1 aliphatic carbocycles. The lowest BCUT2D eigenvalue weighted by Gasteiger charge is -2.36. The van der Waals surface area contributed by atoms with Crippen molar-refractivity contribution in [3.63, 3.8) is 0 Å². The van der Waals surface area contributed by atoms with Gasteiger partial charge in [-0.2, -0.15) is 0 Å². The van der Waals surface area contributed by atoms with Crippen molar-refractivity contribution in [2.45, 2.75) is 57.6 Å². The van der Waals surface area contributed by atoms with Gasteiger partial charge in [0.15, 0.2) is 0 Å². The van der Waals surface area contributed by atoms with Crippen LogP contribution in [0.5, 0.6) is 0 Å². The Bertz CT molecular complexity index is 800. The van der Waals surface area contributed by atoms with E-state index in [-0.39, 0.29) is 36.4 Å². The number of benzene rings is 1. The van der Waals surface area contributed by atoms with Crippen LogP contribution >= 0.6 is 0 Å². The maximum atomic E-state index is 13.0. The van der Waals surface area contributed by atoms with Gasteiger partial charge in [0, 0.05) is 25.3 Å². The first-order valence-corrected chi connectivity index (χ1v) is 10.4. The van der Waals surface area contributed by atoms with Crippen molar-refractivity contribution in [3.8, 4) is 0 Å². The van der Waals surface area contributed by atoms with Gasteiger partial charge in [-0.25, -0.2) is 0 Å². The molecule has 1 aromatic rings. The minimum atomic E-state index is -0.321. The van der Waals surface area contributed by atoms with Crippen LogP contribution in [0.2, 0.25) is 0 Å². The highest BCUT2D eigenvalue weighted by Gasteiger charge is 2.38. The van der Waals surface area contributed by atoms with Crippen molar-refractivity contribution in [1.82, 2.24) is 9.80 Å². The van der Waals surface area contributed by atoms with Crippen LogP contribution in [-0.4, -0.2) is 59.9 Å². The third-order valence-electron chi connectivity index (χ3n) is 6.51. The third-order valence-corrected chi connectivity index (χ3v) is 6.51. The molecule has 0 N–H and O–H groups in total. The van der Waals surface area contributed by atoms with Crippen LogP contribution in [0.15, 0.2) is 18.2 Å². The maximum Gasteiger partial charge on any atom is 0.261 e. The fraction of sp³-hybridized carbons (Fsp3) is 0.591. The van der Waals surface area contributed by atoms with Crippen molar-refractivity contribution in [2.75, 3.05) is 20.2 Å². The van der Waals surface area contributed by atoms with Crippen LogP contribution < -0.4 is 0 Å². The summed E-state index contributed by atoms with van der Waals surface area (Å²) in [6.07, 6.45) is 6.25. The first kappa shape index (κ1) is 19.1. The number of amides is 3. The summed E-state index contributed by atoms with van der Waals surface area (Å²) in [4.78, 5) is 41.6. The van der Waals surface area contributed by atoms with Gasteiger partial charge >= 0.3 is 0 Å². The molecule has 0 aromatic heterocycles. The van der Waals surface area contributed by atoms with Gasteiger partial charge < -0.3 is 9.64 Å². The molecule has 3 unspecified atom stereocenters. The Hall–Kier alpha value is -2.21. The molecule has 3 aliphatic rings. The Morgan fingerprint density at radius 3 is 2.57 bits per heavy atom. The lowest BCUT2D eigenvalue weighted by atomic mass is 9.85. The molecule has 28 heavy (non-hydrogen) atoms. The summed E-state index contributed by atoms with van der Waals surface area (Å²) >= 11 is 0. The second kappa shape index (κ2) is 7.66. The summed E-state index contributed by atoms with van der Waals surface area (Å²) in [6.45, 7) is 3.16. The van der Waals surface area contributed by atoms with Gasteiger partial charge in [-0.15, -0.1) is 0 Å². The summed E-state index contributed by atoms with van der Waals surface area (Å²) < 4.78 is 5.57. The van der Waals surface area contributed by atoms with Crippen LogP contribution in [0.4, 0.5) is 0 Å². The summed E-state index contributed by atoms with van der Waals surface area (Å²) in [5.74, 6) is -0.218. The average Bonchev–Trinajstić information content (AvgIpc) is 3.30. The SMILES string of the molecule is CC1CCCCC1N(C)C(=O)c1ccc2c(c1)C(=O)N(CC1CCCO1)C2=O. The number of nitrogens with zero attached hydrogens (tertiary/aromatic N) is 2. The van der Waals surface area contributed by atoms with Crippen LogP contribution in [0, 0.1) is 5.92 Å². The molecule has 6 heteroatoms. The van der Waals surface area contributed by atoms with Gasteiger partial charge in [0.25, 0.3) is 17.7 Å². The van der Waals surface area contributed by atoms with Crippen molar-refractivity contribution in [3.05, 3.63) is 34.9 Å². The summed E-state index contributed by atoms with van der Waals surface area (Å²) in [6, 6.07) is 5.11. The van der Waals surface area contributed by atoms with Crippen LogP contribution in [0.3, 0.4) is 0 Å². The van der Waals surface area contributed by atoms with Crippen LogP contribution in [-0.2, 0) is 4.74 Å². The van der Waals surface area contributed by atoms with Gasteiger partial charge in [-0.05, 0) is 49.8 Å². The molecule has 3 atom stereocenters. The summed E-state index contributed by atoms with van der Waals surface area (Å²) in [5, 5.41) is 0. The molecule has 4 rings (SSSR count). The number of imide groups is 1. The van der Waals surface area contributed by atoms with E-state index in [1.807, 2.05) is 11.9 Å². The minimum absolute atomic E-state index is 0.0813. The van der Waals surface area contributed by atoms with Gasteiger partial charge in [0.1, 0.15) is 0 Å². The van der Waals surface area contributed by atoms with Crippen molar-refractivity contribution >= 4 is 17.7 Å². The average molecular weight is 384 g/mol. The van der Waals surface area contributed by atoms with E-state index in [9.17, 15) is 14.4 Å². The van der Waals surface area contributed by atoms with Gasteiger partial charge in [-0.1, -0.05) is 19.8 Å². The molecule has 2 fully saturated rings. The molecule has 1 saturated heterocycles. The van der Waals surface area contributed by atoms with Gasteiger partial charge in [0.05, 0.1) is 23.8 Å². The highest BCUT2D eigenvalue weighted by Crippen LogP contribution is 2.30. The molecule has 0 bridgehead atoms. The molecule has 1 saturated carbocycles. The Balaban J connectivity index is 1.53. The van der Waals surface area contributed by atoms with Crippen molar-refractivity contribution in [2.24, 2.45) is 5.92 Å². The van der Waals surface area contributed by atoms with E-state index in [0.29, 0.717) is 29.2 Å². The largest absolute Gasteiger partial charge is 0.376 e. The quantitative estimate of drug-likeness (QED) is 0.748. The number of carbonyl (C=O) groups is 3. The normalized spacial score (nSPS) is 27.2. The van der Waals surface area contributed by atoms with Crippen molar-refractivity contribution < 1.29 is 19.1 Å². The number of rotatable bonds is 4. The van der Waals surface area contributed by atoms with E-state index < -0.39 is 0 Å². The Labute approximate surface area is 165 Å². The highest BCUT2D eigenvalue weighted by atomic mass is 16.5. The predicted octanol–water partition coefficient (Wildman–Crippen LogP) is 3.11. The predicted molar refractivity (Wildman–Crippen MR) is 104 cm³/mol. The zero-order chi connectivity index (χ0) is 19.8. The zero-order valence-electron chi connectivity index (χ0n) is 16.6. The van der Waals surface area contributed by atoms with Crippen LogP contribution in [0.1, 0.15) is 76.5 Å². The number of hydrogen-bond donors (Lipinski definition) is 0. The lowest BCUT2D eigenvalue weighted by Crippen LogP contribution is -2.42. The second-order valence-corrected chi connectivity index (χ2v) is 8.36. The van der Waals surface area contributed by atoms with E-state index in [0.717, 1.165) is 32.1 Å². The monoisotopic (exact) mass is 384 g/mol. The molecular weight excluding hydrogens is 356 g/mol. The molecule has 3 amide bonds. The first-order valence-electron chi connectivity index (χ1n) is 10.4. The Kier molecular flexibility index (Phi) is 5.23. The number of carbonyl (C=O) groups excluding carboxylic acids is 3. The fourth-order valence-electron chi connectivity index (χ4n) is 4.81. The zero-order valence-corrected chi connectivity index (χ0v) is 16.6. The molecule has 2 heterocycles. The van der Waals surface area contributed by atoms with Crippen LogP contribution in [0.25, 0.3) is 0 Å². The molecule has 0 radical (unpaired) electrons. The molecular formula is C22H28N2O4. The number of fused-ring (bicyclic) bond motifs is 1. The van der Waals surface area contributed by atoms with E-state index in [1.54, 1.807) is 18.2 Å². The van der Waals surface area contributed by atoms with Gasteiger partial charge in [-0.3, -0.25) is 19.3 Å². The topological polar surface area (TPSA) is 66.9 Å². The smallest absolute Gasteiger partial charge is 0.261 e. The minimum Gasteiger partial charge on any atom is -0.376 e. The lowest BCUT2D eigenvalue weighted by molar-refractivity contribution is 0.0475. The maximum absolute atomic E-state index is 13.0. The Morgan fingerprint density at radius 2 is 1.86 bits per heavy atom. The van der Waals surface area contributed by atoms with E-state index in [2.05, 4.69) is 6.92 Å². The third kappa shape index (κ3) is 3.34. The Morgan fingerprint density at radius 1 is 1.11 bits per heavy atom. The fourth-order valence-corrected chi connectivity index (χ4v) is 4.81. The molecule has 0 spiro atoms. The molecule has 2 aliphatic heterocycles. The standard InChI is InChI=1S/C22H28N2O4/c1-14-6-3-4-8-19(14)23(2)20(25)15-9-10-17-18(12-15)22(27)24(21(17)26)13-16-7-5-11-28-16/h9-10,12,14,16,19H,3-8,11,13H2,1-2H3.